The predicted octanol–water partition coefficient (Wildman–Crippen LogP) is 2.01. The zero-order chi connectivity index (χ0) is 15.3. The number of nitrogens with zero attached hydrogens (tertiary/aromatic N) is 1. The van der Waals surface area contributed by atoms with E-state index >= 15 is 0 Å². The molecule has 2 heterocycles. The normalized spacial score (nSPS) is 13.4. The molecule has 0 fully saturated rings. The molecule has 0 aliphatic rings. The predicted molar refractivity (Wildman–Crippen MR) is 83.6 cm³/mol. The molecule has 0 amide bonds. The van der Waals surface area contributed by atoms with Crippen molar-refractivity contribution >= 4 is 21.4 Å². The molecule has 2 aromatic rings. The largest absolute Gasteiger partial charge is 0.347 e. The average molecular weight is 328 g/mol. The maximum Gasteiger partial charge on any atom is 0.242 e. The van der Waals surface area contributed by atoms with Gasteiger partial charge in [-0.25, -0.2) is 18.1 Å². The highest BCUT2D eigenvalue weighted by atomic mass is 32.2. The first kappa shape index (κ1) is 16.2. The van der Waals surface area contributed by atoms with Crippen molar-refractivity contribution in [3.05, 3.63) is 34.5 Å². The van der Waals surface area contributed by atoms with E-state index in [1.54, 1.807) is 23.8 Å². The van der Waals surface area contributed by atoms with Crippen LogP contribution >= 0.6 is 11.3 Å². The van der Waals surface area contributed by atoms with Crippen molar-refractivity contribution in [2.24, 2.45) is 0 Å². The van der Waals surface area contributed by atoms with Crippen molar-refractivity contribution in [3.63, 3.8) is 0 Å². The van der Waals surface area contributed by atoms with E-state index in [1.165, 1.54) is 11.3 Å². The molecule has 8 heteroatoms. The van der Waals surface area contributed by atoms with E-state index < -0.39 is 10.0 Å². The summed E-state index contributed by atoms with van der Waals surface area (Å²) in [4.78, 5) is 8.38. The molecule has 1 unspecified atom stereocenters. The second-order valence-electron chi connectivity index (χ2n) is 4.59. The molecule has 0 aliphatic heterocycles. The molecule has 0 saturated heterocycles. The average Bonchev–Trinajstić information content (AvgIpc) is 3.13. The van der Waals surface area contributed by atoms with Gasteiger partial charge in [0.15, 0.2) is 0 Å². The van der Waals surface area contributed by atoms with Crippen LogP contribution in [0.4, 0.5) is 0 Å². The Labute approximate surface area is 129 Å². The second kappa shape index (κ2) is 7.17. The number of hydrogen-bond acceptors (Lipinski definition) is 5. The van der Waals surface area contributed by atoms with Crippen LogP contribution in [0, 0.1) is 0 Å². The molecule has 2 aromatic heterocycles. The van der Waals surface area contributed by atoms with Crippen LogP contribution in [-0.2, 0) is 16.6 Å². The summed E-state index contributed by atoms with van der Waals surface area (Å²) in [6, 6.07) is 1.37. The molecule has 0 aromatic carbocycles. The lowest BCUT2D eigenvalue weighted by Gasteiger charge is -2.14. The topological polar surface area (TPSA) is 86.9 Å². The highest BCUT2D eigenvalue weighted by Gasteiger charge is 2.22. The van der Waals surface area contributed by atoms with Crippen molar-refractivity contribution in [3.8, 4) is 0 Å². The van der Waals surface area contributed by atoms with Gasteiger partial charge < -0.3 is 10.3 Å². The Morgan fingerprint density at radius 3 is 2.86 bits per heavy atom. The van der Waals surface area contributed by atoms with E-state index in [1.807, 2.05) is 13.8 Å². The van der Waals surface area contributed by atoms with E-state index in [-0.39, 0.29) is 6.04 Å². The first-order valence-corrected chi connectivity index (χ1v) is 9.22. The van der Waals surface area contributed by atoms with Gasteiger partial charge in [-0.1, -0.05) is 13.8 Å². The summed E-state index contributed by atoms with van der Waals surface area (Å²) in [6.45, 7) is 5.47. The van der Waals surface area contributed by atoms with Gasteiger partial charge in [0, 0.05) is 29.2 Å². The molecule has 0 bridgehead atoms. The number of imidazole rings is 1. The van der Waals surface area contributed by atoms with Crippen LogP contribution in [0.1, 0.15) is 37.0 Å². The maximum absolute atomic E-state index is 12.4. The Kier molecular flexibility index (Phi) is 5.51. The minimum Gasteiger partial charge on any atom is -0.347 e. The second-order valence-corrected chi connectivity index (χ2v) is 7.30. The molecule has 0 spiro atoms. The fourth-order valence-electron chi connectivity index (χ4n) is 1.90. The third-order valence-corrected chi connectivity index (χ3v) is 5.58. The Balaban J connectivity index is 2.12. The molecule has 1 atom stereocenters. The highest BCUT2D eigenvalue weighted by molar-refractivity contribution is 7.89. The van der Waals surface area contributed by atoms with Crippen molar-refractivity contribution in [2.75, 3.05) is 6.54 Å². The van der Waals surface area contributed by atoms with Crippen LogP contribution in [0.25, 0.3) is 0 Å². The SMILES string of the molecule is CCNCc1cc(S(=O)(=O)NC(CC)c2ncc[nH]2)cs1. The molecule has 6 nitrogen and oxygen atoms in total. The van der Waals surface area contributed by atoms with Crippen molar-refractivity contribution in [2.45, 2.75) is 37.8 Å². The number of thiophene rings is 1. The summed E-state index contributed by atoms with van der Waals surface area (Å²) in [5, 5.41) is 4.85. The van der Waals surface area contributed by atoms with Crippen LogP contribution in [0.3, 0.4) is 0 Å². The Bertz CT molecular complexity index is 650. The zero-order valence-corrected chi connectivity index (χ0v) is 13.7. The van der Waals surface area contributed by atoms with Crippen LogP contribution in [-0.4, -0.2) is 24.9 Å². The smallest absolute Gasteiger partial charge is 0.242 e. The van der Waals surface area contributed by atoms with E-state index in [0.717, 1.165) is 11.4 Å². The fraction of sp³-hybridized carbons (Fsp3) is 0.462. The molecule has 2 rings (SSSR count). The zero-order valence-electron chi connectivity index (χ0n) is 12.1. The van der Waals surface area contributed by atoms with E-state index in [2.05, 4.69) is 20.0 Å². The van der Waals surface area contributed by atoms with Gasteiger partial charge in [0.2, 0.25) is 10.0 Å². The lowest BCUT2D eigenvalue weighted by Crippen LogP contribution is -2.28. The third-order valence-electron chi connectivity index (χ3n) is 3.04. The van der Waals surface area contributed by atoms with Gasteiger partial charge in [-0.2, -0.15) is 0 Å². The first-order chi connectivity index (χ1) is 10.1. The molecule has 116 valence electrons. The molecule has 0 radical (unpaired) electrons. The van der Waals surface area contributed by atoms with Crippen LogP contribution in [0.15, 0.2) is 28.7 Å². The van der Waals surface area contributed by atoms with Gasteiger partial charge in [-0.05, 0) is 19.0 Å². The summed E-state index contributed by atoms with van der Waals surface area (Å²) >= 11 is 1.44. The lowest BCUT2D eigenvalue weighted by molar-refractivity contribution is 0.539. The number of rotatable bonds is 8. The molecule has 3 N–H and O–H groups in total. The fourth-order valence-corrected chi connectivity index (χ4v) is 4.43. The molecule has 21 heavy (non-hydrogen) atoms. The lowest BCUT2D eigenvalue weighted by atomic mass is 10.2. The molecule has 0 saturated carbocycles. The number of nitrogens with one attached hydrogen (secondary N) is 3. The number of aromatic amines is 1. The van der Waals surface area contributed by atoms with Gasteiger partial charge in [0.1, 0.15) is 5.82 Å². The first-order valence-electron chi connectivity index (χ1n) is 6.86. The highest BCUT2D eigenvalue weighted by Crippen LogP contribution is 2.22. The number of hydrogen-bond donors (Lipinski definition) is 3. The Morgan fingerprint density at radius 1 is 1.43 bits per heavy atom. The summed E-state index contributed by atoms with van der Waals surface area (Å²) in [6.07, 6.45) is 3.93. The van der Waals surface area contributed by atoms with Gasteiger partial charge in [-0.15, -0.1) is 11.3 Å². The number of H-pyrrole nitrogens is 1. The molecular formula is C13H20N4O2S2. The van der Waals surface area contributed by atoms with Crippen molar-refractivity contribution in [1.29, 1.82) is 0 Å². The van der Waals surface area contributed by atoms with Crippen molar-refractivity contribution < 1.29 is 8.42 Å². The van der Waals surface area contributed by atoms with Gasteiger partial charge >= 0.3 is 0 Å². The number of aromatic nitrogens is 2. The summed E-state index contributed by atoms with van der Waals surface area (Å²) in [5.41, 5.74) is 0. The summed E-state index contributed by atoms with van der Waals surface area (Å²) in [5.74, 6) is 0.629. The molecular weight excluding hydrogens is 308 g/mol. The van der Waals surface area contributed by atoms with E-state index in [9.17, 15) is 8.42 Å². The monoisotopic (exact) mass is 328 g/mol. The van der Waals surface area contributed by atoms with Gasteiger partial charge in [0.05, 0.1) is 10.9 Å². The Hall–Kier alpha value is -1.22. The van der Waals surface area contributed by atoms with Crippen molar-refractivity contribution in [1.82, 2.24) is 20.0 Å². The van der Waals surface area contributed by atoms with Gasteiger partial charge in [0.25, 0.3) is 0 Å². The maximum atomic E-state index is 12.4. The minimum atomic E-state index is -3.53. The molecule has 0 aliphatic carbocycles. The van der Waals surface area contributed by atoms with Crippen LogP contribution < -0.4 is 10.0 Å². The van der Waals surface area contributed by atoms with Crippen LogP contribution in [0.2, 0.25) is 0 Å². The van der Waals surface area contributed by atoms with E-state index in [4.69, 9.17) is 0 Å². The van der Waals surface area contributed by atoms with E-state index in [0.29, 0.717) is 23.7 Å². The third kappa shape index (κ3) is 4.13. The standard InChI is InChI=1S/C13H20N4O2S2/c1-3-12(13-15-5-6-16-13)17-21(18,19)11-7-10(20-9-11)8-14-4-2/h5-7,9,12,14,17H,3-4,8H2,1-2H3,(H,15,16). The summed E-state index contributed by atoms with van der Waals surface area (Å²) in [7, 11) is -3.53. The number of sulfonamides is 1. The van der Waals surface area contributed by atoms with Gasteiger partial charge in [-0.3, -0.25) is 0 Å². The van der Waals surface area contributed by atoms with Crippen LogP contribution in [0.5, 0.6) is 0 Å². The quantitative estimate of drug-likeness (QED) is 0.692. The minimum absolute atomic E-state index is 0.311. The summed E-state index contributed by atoms with van der Waals surface area (Å²) < 4.78 is 27.5. The Morgan fingerprint density at radius 2 is 2.24 bits per heavy atom.